The SMILES string of the molecule is Cc1nc(-c2ccc(NCc3sc(C)nc3C)cc2)co1. The molecule has 2 heterocycles. The summed E-state index contributed by atoms with van der Waals surface area (Å²) in [6.07, 6.45) is 1.68. The van der Waals surface area contributed by atoms with E-state index in [4.69, 9.17) is 4.42 Å². The highest BCUT2D eigenvalue weighted by Crippen LogP contribution is 2.22. The number of benzene rings is 1. The fourth-order valence-corrected chi connectivity index (χ4v) is 3.05. The number of hydrogen-bond donors (Lipinski definition) is 1. The summed E-state index contributed by atoms with van der Waals surface area (Å²) in [4.78, 5) is 10.0. The summed E-state index contributed by atoms with van der Waals surface area (Å²) in [6, 6.07) is 8.21. The smallest absolute Gasteiger partial charge is 0.191 e. The Hall–Kier alpha value is -2.14. The molecule has 0 fully saturated rings. The number of hydrogen-bond acceptors (Lipinski definition) is 5. The molecule has 1 N–H and O–H groups in total. The summed E-state index contributed by atoms with van der Waals surface area (Å²) >= 11 is 1.74. The fraction of sp³-hybridized carbons (Fsp3) is 0.250. The van der Waals surface area contributed by atoms with E-state index >= 15 is 0 Å². The Kier molecular flexibility index (Phi) is 3.75. The van der Waals surface area contributed by atoms with Gasteiger partial charge in [-0.2, -0.15) is 0 Å². The Morgan fingerprint density at radius 2 is 1.86 bits per heavy atom. The summed E-state index contributed by atoms with van der Waals surface area (Å²) in [5.41, 5.74) is 4.12. The largest absolute Gasteiger partial charge is 0.449 e. The predicted molar refractivity (Wildman–Crippen MR) is 85.6 cm³/mol. The van der Waals surface area contributed by atoms with Gasteiger partial charge in [0.1, 0.15) is 12.0 Å². The van der Waals surface area contributed by atoms with Crippen molar-refractivity contribution < 1.29 is 4.42 Å². The molecule has 4 nitrogen and oxygen atoms in total. The van der Waals surface area contributed by atoms with Crippen molar-refractivity contribution in [1.82, 2.24) is 9.97 Å². The van der Waals surface area contributed by atoms with Gasteiger partial charge in [0, 0.05) is 23.1 Å². The van der Waals surface area contributed by atoms with Crippen LogP contribution in [0.3, 0.4) is 0 Å². The van der Waals surface area contributed by atoms with E-state index in [1.165, 1.54) is 4.88 Å². The quantitative estimate of drug-likeness (QED) is 0.778. The maximum absolute atomic E-state index is 5.24. The molecular weight excluding hydrogens is 282 g/mol. The van der Waals surface area contributed by atoms with Gasteiger partial charge in [-0.25, -0.2) is 9.97 Å². The molecule has 3 rings (SSSR count). The second-order valence-corrected chi connectivity index (χ2v) is 6.21. The zero-order chi connectivity index (χ0) is 14.8. The van der Waals surface area contributed by atoms with E-state index in [1.807, 2.05) is 26.0 Å². The number of oxazole rings is 1. The first kappa shape index (κ1) is 13.8. The molecule has 0 atom stereocenters. The molecule has 3 aromatic rings. The maximum Gasteiger partial charge on any atom is 0.191 e. The molecule has 5 heteroatoms. The number of anilines is 1. The number of aromatic nitrogens is 2. The average molecular weight is 299 g/mol. The Labute approximate surface area is 127 Å². The highest BCUT2D eigenvalue weighted by atomic mass is 32.1. The summed E-state index contributed by atoms with van der Waals surface area (Å²) < 4.78 is 5.24. The number of thiazole rings is 1. The first-order chi connectivity index (χ1) is 10.1. The van der Waals surface area contributed by atoms with E-state index in [-0.39, 0.29) is 0 Å². The number of rotatable bonds is 4. The molecule has 0 aliphatic carbocycles. The summed E-state index contributed by atoms with van der Waals surface area (Å²) in [6.45, 7) is 6.74. The van der Waals surface area contributed by atoms with E-state index in [0.717, 1.165) is 34.2 Å². The molecule has 2 aromatic heterocycles. The summed E-state index contributed by atoms with van der Waals surface area (Å²) in [5.74, 6) is 0.684. The third-order valence-electron chi connectivity index (χ3n) is 3.25. The first-order valence-corrected chi connectivity index (χ1v) is 7.63. The Bertz CT molecular complexity index is 743. The lowest BCUT2D eigenvalue weighted by molar-refractivity contribution is 0.521. The van der Waals surface area contributed by atoms with Crippen molar-refractivity contribution in [2.24, 2.45) is 0 Å². The number of aryl methyl sites for hydroxylation is 3. The molecule has 0 spiro atoms. The molecule has 0 saturated heterocycles. The lowest BCUT2D eigenvalue weighted by Crippen LogP contribution is -1.98. The Balaban J connectivity index is 1.68. The molecule has 0 aliphatic heterocycles. The second kappa shape index (κ2) is 5.69. The molecule has 108 valence electrons. The monoisotopic (exact) mass is 299 g/mol. The molecule has 0 amide bonds. The highest BCUT2D eigenvalue weighted by molar-refractivity contribution is 7.11. The predicted octanol–water partition coefficient (Wildman–Crippen LogP) is 4.34. The number of nitrogens with zero attached hydrogens (tertiary/aromatic N) is 2. The normalized spacial score (nSPS) is 10.8. The van der Waals surface area contributed by atoms with Crippen molar-refractivity contribution in [2.75, 3.05) is 5.32 Å². The highest BCUT2D eigenvalue weighted by Gasteiger charge is 2.05. The fourth-order valence-electron chi connectivity index (χ4n) is 2.17. The standard InChI is InChI=1S/C16H17N3OS/c1-10-16(21-12(3)18-10)8-17-14-6-4-13(5-7-14)15-9-20-11(2)19-15/h4-7,9,17H,8H2,1-3H3. The lowest BCUT2D eigenvalue weighted by atomic mass is 10.1. The summed E-state index contributed by atoms with van der Waals surface area (Å²) in [7, 11) is 0. The minimum absolute atomic E-state index is 0.684. The Morgan fingerprint density at radius 3 is 2.43 bits per heavy atom. The van der Waals surface area contributed by atoms with Crippen molar-refractivity contribution in [3.8, 4) is 11.3 Å². The van der Waals surface area contributed by atoms with Crippen molar-refractivity contribution in [3.63, 3.8) is 0 Å². The van der Waals surface area contributed by atoms with Gasteiger partial charge in [0.25, 0.3) is 0 Å². The van der Waals surface area contributed by atoms with Crippen LogP contribution in [0.1, 0.15) is 21.5 Å². The summed E-state index contributed by atoms with van der Waals surface area (Å²) in [5, 5.41) is 4.54. The van der Waals surface area contributed by atoms with Crippen LogP contribution in [0.15, 0.2) is 34.9 Å². The van der Waals surface area contributed by atoms with Crippen LogP contribution in [0.4, 0.5) is 5.69 Å². The van der Waals surface area contributed by atoms with Gasteiger partial charge in [-0.15, -0.1) is 11.3 Å². The van der Waals surface area contributed by atoms with Gasteiger partial charge >= 0.3 is 0 Å². The van der Waals surface area contributed by atoms with Crippen LogP contribution >= 0.6 is 11.3 Å². The third-order valence-corrected chi connectivity index (χ3v) is 4.33. The van der Waals surface area contributed by atoms with Crippen molar-refractivity contribution in [2.45, 2.75) is 27.3 Å². The van der Waals surface area contributed by atoms with Crippen molar-refractivity contribution in [1.29, 1.82) is 0 Å². The van der Waals surface area contributed by atoms with Crippen LogP contribution in [0.2, 0.25) is 0 Å². The van der Waals surface area contributed by atoms with Crippen LogP contribution in [-0.2, 0) is 6.54 Å². The van der Waals surface area contributed by atoms with Crippen molar-refractivity contribution >= 4 is 17.0 Å². The number of nitrogens with one attached hydrogen (secondary N) is 1. The maximum atomic E-state index is 5.24. The van der Waals surface area contributed by atoms with Gasteiger partial charge in [0.2, 0.25) is 0 Å². The molecule has 21 heavy (non-hydrogen) atoms. The topological polar surface area (TPSA) is 51.0 Å². The van der Waals surface area contributed by atoms with Gasteiger partial charge < -0.3 is 9.73 Å². The van der Waals surface area contributed by atoms with E-state index in [9.17, 15) is 0 Å². The molecule has 0 radical (unpaired) electrons. The average Bonchev–Trinajstić information content (AvgIpc) is 3.03. The van der Waals surface area contributed by atoms with E-state index < -0.39 is 0 Å². The zero-order valence-corrected chi connectivity index (χ0v) is 13.1. The van der Waals surface area contributed by atoms with E-state index in [0.29, 0.717) is 5.89 Å². The molecule has 0 unspecified atom stereocenters. The van der Waals surface area contributed by atoms with Crippen LogP contribution < -0.4 is 5.32 Å². The molecule has 0 saturated carbocycles. The molecule has 1 aromatic carbocycles. The second-order valence-electron chi connectivity index (χ2n) is 4.92. The van der Waals surface area contributed by atoms with Crippen molar-refractivity contribution in [3.05, 3.63) is 52.0 Å². The van der Waals surface area contributed by atoms with Gasteiger partial charge in [0.05, 0.1) is 17.2 Å². The lowest BCUT2D eigenvalue weighted by Gasteiger charge is -2.06. The molecule has 0 aliphatic rings. The van der Waals surface area contributed by atoms with Gasteiger partial charge in [-0.05, 0) is 26.0 Å². The first-order valence-electron chi connectivity index (χ1n) is 6.81. The Morgan fingerprint density at radius 1 is 1.10 bits per heavy atom. The van der Waals surface area contributed by atoms with Crippen LogP contribution in [0, 0.1) is 20.8 Å². The van der Waals surface area contributed by atoms with Gasteiger partial charge in [0.15, 0.2) is 5.89 Å². The van der Waals surface area contributed by atoms with Gasteiger partial charge in [-0.1, -0.05) is 12.1 Å². The van der Waals surface area contributed by atoms with Crippen LogP contribution in [0.25, 0.3) is 11.3 Å². The molecular formula is C16H17N3OS. The molecule has 0 bridgehead atoms. The van der Waals surface area contributed by atoms with Gasteiger partial charge in [-0.3, -0.25) is 0 Å². The minimum atomic E-state index is 0.684. The third kappa shape index (κ3) is 3.13. The van der Waals surface area contributed by atoms with E-state index in [1.54, 1.807) is 17.6 Å². The van der Waals surface area contributed by atoms with Crippen LogP contribution in [0.5, 0.6) is 0 Å². The van der Waals surface area contributed by atoms with Crippen LogP contribution in [-0.4, -0.2) is 9.97 Å². The van der Waals surface area contributed by atoms with E-state index in [2.05, 4.69) is 34.3 Å². The zero-order valence-electron chi connectivity index (χ0n) is 12.3. The minimum Gasteiger partial charge on any atom is -0.449 e.